The summed E-state index contributed by atoms with van der Waals surface area (Å²) in [4.78, 5) is 14.5. The van der Waals surface area contributed by atoms with Crippen molar-refractivity contribution >= 4 is 17.5 Å². The van der Waals surface area contributed by atoms with Gasteiger partial charge in [-0.15, -0.1) is 5.10 Å². The predicted octanol–water partition coefficient (Wildman–Crippen LogP) is 3.01. The van der Waals surface area contributed by atoms with Crippen LogP contribution in [0.1, 0.15) is 42.2 Å². The number of hydrogen-bond donors (Lipinski definition) is 0. The van der Waals surface area contributed by atoms with E-state index in [1.165, 1.54) is 0 Å². The Balaban J connectivity index is 1.63. The zero-order valence-electron chi connectivity index (χ0n) is 14.4. The molecule has 1 aromatic carbocycles. The average molecular weight is 363 g/mol. The summed E-state index contributed by atoms with van der Waals surface area (Å²) < 4.78 is 7.44. The first-order valence-corrected chi connectivity index (χ1v) is 9.09. The standard InChI is InChI=1S/C18H23ClN4O2/c1-2-10-25-15-7-5-9-22(12-15)18(24)17-13-23(21-20-17)11-14-6-3-4-8-16(14)19/h3-4,6,8,13,15H,2,5,7,9-12H2,1H3/t15-/m1/s1. The van der Waals surface area contributed by atoms with Gasteiger partial charge < -0.3 is 9.64 Å². The summed E-state index contributed by atoms with van der Waals surface area (Å²) in [6, 6.07) is 7.58. The van der Waals surface area contributed by atoms with E-state index in [1.54, 1.807) is 10.9 Å². The molecule has 2 heterocycles. The Bertz CT molecular complexity index is 719. The number of halogens is 1. The van der Waals surface area contributed by atoms with Crippen molar-refractivity contribution in [1.29, 1.82) is 0 Å². The minimum Gasteiger partial charge on any atom is -0.376 e. The molecule has 1 aliphatic rings. The van der Waals surface area contributed by atoms with Crippen molar-refractivity contribution in [3.05, 3.63) is 46.7 Å². The number of carbonyl (C=O) groups is 1. The Morgan fingerprint density at radius 2 is 2.24 bits per heavy atom. The van der Waals surface area contributed by atoms with Crippen LogP contribution in [0.3, 0.4) is 0 Å². The third kappa shape index (κ3) is 4.58. The van der Waals surface area contributed by atoms with Crippen molar-refractivity contribution in [3.8, 4) is 0 Å². The maximum atomic E-state index is 12.7. The first-order valence-electron chi connectivity index (χ1n) is 8.71. The number of ether oxygens (including phenoxy) is 1. The van der Waals surface area contributed by atoms with Gasteiger partial charge in [-0.05, 0) is 30.9 Å². The fourth-order valence-corrected chi connectivity index (χ4v) is 3.18. The number of nitrogens with zero attached hydrogens (tertiary/aromatic N) is 4. The second-order valence-electron chi connectivity index (χ2n) is 6.28. The fourth-order valence-electron chi connectivity index (χ4n) is 2.98. The molecule has 0 spiro atoms. The lowest BCUT2D eigenvalue weighted by Gasteiger charge is -2.32. The number of hydrogen-bond acceptors (Lipinski definition) is 4. The Morgan fingerprint density at radius 1 is 1.40 bits per heavy atom. The number of benzene rings is 1. The summed E-state index contributed by atoms with van der Waals surface area (Å²) in [7, 11) is 0. The predicted molar refractivity (Wildman–Crippen MR) is 95.7 cm³/mol. The quantitative estimate of drug-likeness (QED) is 0.792. The van der Waals surface area contributed by atoms with Crippen molar-refractivity contribution in [3.63, 3.8) is 0 Å². The highest BCUT2D eigenvalue weighted by Gasteiger charge is 2.26. The van der Waals surface area contributed by atoms with Crippen molar-refractivity contribution < 1.29 is 9.53 Å². The smallest absolute Gasteiger partial charge is 0.276 e. The van der Waals surface area contributed by atoms with E-state index >= 15 is 0 Å². The zero-order chi connectivity index (χ0) is 17.6. The Labute approximate surface area is 152 Å². The summed E-state index contributed by atoms with van der Waals surface area (Å²) in [5.74, 6) is -0.0878. The average Bonchev–Trinajstić information content (AvgIpc) is 3.10. The Kier molecular flexibility index (Phi) is 6.04. The molecule has 1 aliphatic heterocycles. The van der Waals surface area contributed by atoms with Crippen LogP contribution in [0.2, 0.25) is 5.02 Å². The van der Waals surface area contributed by atoms with Crippen molar-refractivity contribution in [2.75, 3.05) is 19.7 Å². The molecule has 0 N–H and O–H groups in total. The first-order chi connectivity index (χ1) is 12.2. The van der Waals surface area contributed by atoms with Crippen LogP contribution < -0.4 is 0 Å². The molecule has 1 aromatic heterocycles. The largest absolute Gasteiger partial charge is 0.376 e. The summed E-state index contributed by atoms with van der Waals surface area (Å²) in [5.41, 5.74) is 1.31. The SMILES string of the molecule is CCCO[C@@H]1CCCN(C(=O)c2cn(Cc3ccccc3Cl)nn2)C1. The van der Waals surface area contributed by atoms with Crippen LogP contribution in [0, 0.1) is 0 Å². The van der Waals surface area contributed by atoms with Crippen LogP contribution >= 0.6 is 11.6 Å². The molecule has 1 amide bonds. The van der Waals surface area contributed by atoms with E-state index in [0.29, 0.717) is 23.8 Å². The van der Waals surface area contributed by atoms with Gasteiger partial charge in [0.25, 0.3) is 5.91 Å². The maximum Gasteiger partial charge on any atom is 0.276 e. The third-order valence-electron chi connectivity index (χ3n) is 4.27. The van der Waals surface area contributed by atoms with E-state index < -0.39 is 0 Å². The molecule has 0 aliphatic carbocycles. The number of likely N-dealkylation sites (tertiary alicyclic amines) is 1. The molecule has 0 radical (unpaired) electrons. The summed E-state index contributed by atoms with van der Waals surface area (Å²) in [6.07, 6.45) is 4.75. The van der Waals surface area contributed by atoms with E-state index in [1.807, 2.05) is 29.2 Å². The first kappa shape index (κ1) is 17.9. The van der Waals surface area contributed by atoms with Crippen LogP contribution in [0.5, 0.6) is 0 Å². The molecular formula is C18H23ClN4O2. The molecule has 25 heavy (non-hydrogen) atoms. The normalized spacial score (nSPS) is 17.7. The highest BCUT2D eigenvalue weighted by atomic mass is 35.5. The van der Waals surface area contributed by atoms with E-state index in [9.17, 15) is 4.79 Å². The third-order valence-corrected chi connectivity index (χ3v) is 4.64. The van der Waals surface area contributed by atoms with Crippen LogP contribution in [-0.2, 0) is 11.3 Å². The van der Waals surface area contributed by atoms with Crippen molar-refractivity contribution in [1.82, 2.24) is 19.9 Å². The highest BCUT2D eigenvalue weighted by Crippen LogP contribution is 2.17. The molecule has 1 fully saturated rings. The van der Waals surface area contributed by atoms with E-state index in [-0.39, 0.29) is 12.0 Å². The topological polar surface area (TPSA) is 60.2 Å². The summed E-state index contributed by atoms with van der Waals surface area (Å²) in [5, 5.41) is 8.79. The monoisotopic (exact) mass is 362 g/mol. The number of rotatable bonds is 6. The summed E-state index contributed by atoms with van der Waals surface area (Å²) >= 11 is 6.17. The van der Waals surface area contributed by atoms with Crippen LogP contribution in [0.15, 0.2) is 30.5 Å². The van der Waals surface area contributed by atoms with Gasteiger partial charge in [0.1, 0.15) is 0 Å². The molecule has 134 valence electrons. The number of piperidine rings is 1. The van der Waals surface area contributed by atoms with Gasteiger partial charge in [-0.25, -0.2) is 4.68 Å². The number of aromatic nitrogens is 3. The number of carbonyl (C=O) groups excluding carboxylic acids is 1. The second-order valence-corrected chi connectivity index (χ2v) is 6.69. The van der Waals surface area contributed by atoms with Crippen molar-refractivity contribution in [2.45, 2.75) is 38.8 Å². The lowest BCUT2D eigenvalue weighted by atomic mass is 10.1. The molecule has 0 bridgehead atoms. The summed E-state index contributed by atoms with van der Waals surface area (Å²) in [6.45, 7) is 4.67. The lowest BCUT2D eigenvalue weighted by Crippen LogP contribution is -2.43. The lowest BCUT2D eigenvalue weighted by molar-refractivity contribution is 0.00192. The van der Waals surface area contributed by atoms with Gasteiger partial charge in [0.05, 0.1) is 18.8 Å². The highest BCUT2D eigenvalue weighted by molar-refractivity contribution is 6.31. The van der Waals surface area contributed by atoms with E-state index in [2.05, 4.69) is 17.2 Å². The van der Waals surface area contributed by atoms with Gasteiger partial charge in [-0.1, -0.05) is 41.9 Å². The molecule has 0 unspecified atom stereocenters. The maximum absolute atomic E-state index is 12.7. The van der Waals surface area contributed by atoms with E-state index in [0.717, 1.165) is 38.0 Å². The van der Waals surface area contributed by atoms with Crippen molar-refractivity contribution in [2.24, 2.45) is 0 Å². The molecule has 7 heteroatoms. The molecule has 0 saturated carbocycles. The molecule has 1 saturated heterocycles. The van der Waals surface area contributed by atoms with Crippen LogP contribution in [-0.4, -0.2) is 51.6 Å². The Hall–Kier alpha value is -1.92. The van der Waals surface area contributed by atoms with Gasteiger partial charge in [-0.2, -0.15) is 0 Å². The Morgan fingerprint density at radius 3 is 3.04 bits per heavy atom. The molecule has 6 nitrogen and oxygen atoms in total. The fraction of sp³-hybridized carbons (Fsp3) is 0.500. The minimum atomic E-state index is -0.0878. The van der Waals surface area contributed by atoms with Gasteiger partial charge in [0.15, 0.2) is 5.69 Å². The molecule has 2 aromatic rings. The van der Waals surface area contributed by atoms with E-state index in [4.69, 9.17) is 16.3 Å². The second kappa shape index (κ2) is 8.45. The van der Waals surface area contributed by atoms with Gasteiger partial charge in [-0.3, -0.25) is 4.79 Å². The van der Waals surface area contributed by atoms with Crippen LogP contribution in [0.4, 0.5) is 0 Å². The molecule has 3 rings (SSSR count). The van der Waals surface area contributed by atoms with Crippen LogP contribution in [0.25, 0.3) is 0 Å². The van der Waals surface area contributed by atoms with Gasteiger partial charge in [0.2, 0.25) is 0 Å². The number of amides is 1. The zero-order valence-corrected chi connectivity index (χ0v) is 15.2. The molecular weight excluding hydrogens is 340 g/mol. The molecule has 1 atom stereocenters. The van der Waals surface area contributed by atoms with Gasteiger partial charge >= 0.3 is 0 Å². The minimum absolute atomic E-state index is 0.0878. The van der Waals surface area contributed by atoms with Gasteiger partial charge in [0, 0.05) is 24.7 Å².